The van der Waals surface area contributed by atoms with Gasteiger partial charge in [0.1, 0.15) is 23.0 Å². The van der Waals surface area contributed by atoms with Gasteiger partial charge in [0.2, 0.25) is 5.91 Å². The fourth-order valence-electron chi connectivity index (χ4n) is 2.30. The second kappa shape index (κ2) is 5.22. The Bertz CT molecular complexity index is 853. The van der Waals surface area contributed by atoms with E-state index >= 15 is 0 Å². The summed E-state index contributed by atoms with van der Waals surface area (Å²) in [6, 6.07) is 8.86. The summed E-state index contributed by atoms with van der Waals surface area (Å²) in [5.74, 6) is -1.45. The van der Waals surface area contributed by atoms with Crippen LogP contribution in [-0.4, -0.2) is 22.9 Å². The van der Waals surface area contributed by atoms with Gasteiger partial charge in [0.05, 0.1) is 16.8 Å². The summed E-state index contributed by atoms with van der Waals surface area (Å²) in [5.41, 5.74) is 1.44. The van der Waals surface area contributed by atoms with E-state index in [0.29, 0.717) is 16.7 Å². The molecular formula is C16H13F2N3O. The van der Waals surface area contributed by atoms with E-state index < -0.39 is 11.6 Å². The molecule has 1 heterocycles. The number of carbonyl (C=O) groups excluding carboxylic acids is 1. The largest absolute Gasteiger partial charge is 0.338 e. The molecule has 3 rings (SSSR count). The summed E-state index contributed by atoms with van der Waals surface area (Å²) in [7, 11) is 1.62. The highest BCUT2D eigenvalue weighted by Gasteiger charge is 2.18. The minimum Gasteiger partial charge on any atom is -0.338 e. The van der Waals surface area contributed by atoms with Crippen molar-refractivity contribution in [3.8, 4) is 11.4 Å². The van der Waals surface area contributed by atoms with Crippen molar-refractivity contribution in [1.29, 1.82) is 0 Å². The number of imidazole rings is 1. The number of aromatic amines is 1. The summed E-state index contributed by atoms with van der Waals surface area (Å²) in [5, 5.41) is 0. The summed E-state index contributed by atoms with van der Waals surface area (Å²) in [6.07, 6.45) is 0. The van der Waals surface area contributed by atoms with Crippen molar-refractivity contribution in [3.63, 3.8) is 0 Å². The Kier molecular flexibility index (Phi) is 3.36. The Balaban J connectivity index is 2.23. The van der Waals surface area contributed by atoms with E-state index in [4.69, 9.17) is 0 Å². The first-order valence-electron chi connectivity index (χ1n) is 6.66. The molecule has 6 heteroatoms. The Morgan fingerprint density at radius 2 is 1.77 bits per heavy atom. The lowest BCUT2D eigenvalue weighted by Crippen LogP contribution is -2.22. The Morgan fingerprint density at radius 1 is 1.14 bits per heavy atom. The number of nitrogens with one attached hydrogen (secondary N) is 1. The van der Waals surface area contributed by atoms with Crippen LogP contribution in [0.5, 0.6) is 0 Å². The maximum Gasteiger partial charge on any atom is 0.223 e. The number of hydrogen-bond acceptors (Lipinski definition) is 2. The van der Waals surface area contributed by atoms with E-state index in [0.717, 1.165) is 0 Å². The van der Waals surface area contributed by atoms with Gasteiger partial charge in [0, 0.05) is 14.0 Å². The zero-order valence-corrected chi connectivity index (χ0v) is 12.0. The van der Waals surface area contributed by atoms with Crippen molar-refractivity contribution in [1.82, 2.24) is 9.97 Å². The number of benzene rings is 2. The second-order valence-corrected chi connectivity index (χ2v) is 4.93. The summed E-state index contributed by atoms with van der Waals surface area (Å²) < 4.78 is 27.8. The van der Waals surface area contributed by atoms with Crippen molar-refractivity contribution in [2.75, 3.05) is 11.9 Å². The van der Waals surface area contributed by atoms with Gasteiger partial charge < -0.3 is 9.88 Å². The van der Waals surface area contributed by atoms with Crippen molar-refractivity contribution in [2.45, 2.75) is 6.92 Å². The summed E-state index contributed by atoms with van der Waals surface area (Å²) >= 11 is 0. The van der Waals surface area contributed by atoms with Gasteiger partial charge in [0.15, 0.2) is 0 Å². The van der Waals surface area contributed by atoms with Gasteiger partial charge in [-0.3, -0.25) is 4.79 Å². The van der Waals surface area contributed by atoms with Gasteiger partial charge in [-0.1, -0.05) is 12.1 Å². The Morgan fingerprint density at radius 3 is 2.41 bits per heavy atom. The average Bonchev–Trinajstić information content (AvgIpc) is 2.89. The molecule has 0 atom stereocenters. The molecule has 2 aromatic carbocycles. The molecule has 0 aliphatic heterocycles. The second-order valence-electron chi connectivity index (χ2n) is 4.93. The molecule has 0 aliphatic rings. The zero-order valence-electron chi connectivity index (χ0n) is 12.0. The van der Waals surface area contributed by atoms with Crippen LogP contribution in [0.3, 0.4) is 0 Å². The quantitative estimate of drug-likeness (QED) is 0.787. The molecule has 0 saturated carbocycles. The Hall–Kier alpha value is -2.76. The molecule has 0 unspecified atom stereocenters. The van der Waals surface area contributed by atoms with Crippen LogP contribution < -0.4 is 4.90 Å². The first kappa shape index (κ1) is 14.2. The highest BCUT2D eigenvalue weighted by Crippen LogP contribution is 2.30. The van der Waals surface area contributed by atoms with Gasteiger partial charge in [-0.25, -0.2) is 13.8 Å². The lowest BCUT2D eigenvalue weighted by molar-refractivity contribution is -0.116. The first-order chi connectivity index (χ1) is 10.5. The molecule has 4 nitrogen and oxygen atoms in total. The van der Waals surface area contributed by atoms with Crippen LogP contribution in [0.15, 0.2) is 36.4 Å². The third-order valence-corrected chi connectivity index (χ3v) is 3.52. The minimum absolute atomic E-state index is 0.0926. The summed E-state index contributed by atoms with van der Waals surface area (Å²) in [4.78, 5) is 20.2. The lowest BCUT2D eigenvalue weighted by atomic mass is 10.2. The average molecular weight is 301 g/mol. The van der Waals surface area contributed by atoms with E-state index in [1.165, 1.54) is 30.0 Å². The number of aromatic nitrogens is 2. The van der Waals surface area contributed by atoms with Crippen LogP contribution in [0.2, 0.25) is 0 Å². The van der Waals surface area contributed by atoms with Crippen LogP contribution in [0.4, 0.5) is 14.5 Å². The van der Waals surface area contributed by atoms with Crippen LogP contribution in [0.1, 0.15) is 6.92 Å². The highest BCUT2D eigenvalue weighted by molar-refractivity contribution is 6.00. The third-order valence-electron chi connectivity index (χ3n) is 3.52. The van der Waals surface area contributed by atoms with Gasteiger partial charge >= 0.3 is 0 Å². The molecule has 0 bridgehead atoms. The number of carbonyl (C=O) groups is 1. The minimum atomic E-state index is -0.694. The van der Waals surface area contributed by atoms with Crippen molar-refractivity contribution >= 4 is 22.6 Å². The van der Waals surface area contributed by atoms with E-state index in [1.807, 2.05) is 0 Å². The maximum atomic E-state index is 13.9. The molecule has 0 radical (unpaired) electrons. The SMILES string of the molecule is CC(=O)N(C)c1cccc2[nH]c(-c3c(F)cccc3F)nc12. The molecule has 1 N–H and O–H groups in total. The standard InChI is InChI=1S/C16H13F2N3O/c1-9(22)21(2)13-8-4-7-12-15(13)20-16(19-12)14-10(17)5-3-6-11(14)18/h3-8H,1-2H3,(H,19,20). The van der Waals surface area contributed by atoms with E-state index in [9.17, 15) is 13.6 Å². The topological polar surface area (TPSA) is 49.0 Å². The van der Waals surface area contributed by atoms with Gasteiger partial charge in [0.25, 0.3) is 0 Å². The van der Waals surface area contributed by atoms with E-state index in [1.54, 1.807) is 25.2 Å². The zero-order chi connectivity index (χ0) is 15.9. The number of amides is 1. The molecule has 0 saturated heterocycles. The molecule has 3 aromatic rings. The Labute approximate surface area is 125 Å². The molecule has 0 aliphatic carbocycles. The van der Waals surface area contributed by atoms with Crippen molar-refractivity contribution in [2.24, 2.45) is 0 Å². The van der Waals surface area contributed by atoms with E-state index in [2.05, 4.69) is 9.97 Å². The van der Waals surface area contributed by atoms with E-state index in [-0.39, 0.29) is 17.3 Å². The van der Waals surface area contributed by atoms with Gasteiger partial charge in [-0.2, -0.15) is 0 Å². The van der Waals surface area contributed by atoms with Gasteiger partial charge in [-0.15, -0.1) is 0 Å². The predicted molar refractivity (Wildman–Crippen MR) is 80.5 cm³/mol. The van der Waals surface area contributed by atoms with Crippen LogP contribution >= 0.6 is 0 Å². The number of halogens is 2. The fourth-order valence-corrected chi connectivity index (χ4v) is 2.30. The smallest absolute Gasteiger partial charge is 0.223 e. The predicted octanol–water partition coefficient (Wildman–Crippen LogP) is 3.49. The number of para-hydroxylation sites is 1. The number of nitrogens with zero attached hydrogens (tertiary/aromatic N) is 2. The highest BCUT2D eigenvalue weighted by atomic mass is 19.1. The molecule has 1 aromatic heterocycles. The lowest BCUT2D eigenvalue weighted by Gasteiger charge is -2.14. The monoisotopic (exact) mass is 301 g/mol. The number of anilines is 1. The van der Waals surface area contributed by atoms with Crippen molar-refractivity contribution < 1.29 is 13.6 Å². The molecule has 22 heavy (non-hydrogen) atoms. The maximum absolute atomic E-state index is 13.9. The molecule has 112 valence electrons. The molecular weight excluding hydrogens is 288 g/mol. The molecule has 1 amide bonds. The number of rotatable bonds is 2. The number of H-pyrrole nitrogens is 1. The van der Waals surface area contributed by atoms with Crippen LogP contribution in [0, 0.1) is 11.6 Å². The molecule has 0 fully saturated rings. The number of hydrogen-bond donors (Lipinski definition) is 1. The fraction of sp³-hybridized carbons (Fsp3) is 0.125. The van der Waals surface area contributed by atoms with Crippen LogP contribution in [0.25, 0.3) is 22.4 Å². The first-order valence-corrected chi connectivity index (χ1v) is 6.66. The summed E-state index contributed by atoms with van der Waals surface area (Å²) in [6.45, 7) is 1.43. The molecule has 0 spiro atoms. The third kappa shape index (κ3) is 2.22. The van der Waals surface area contributed by atoms with Crippen LogP contribution in [-0.2, 0) is 4.79 Å². The number of fused-ring (bicyclic) bond motifs is 1. The van der Waals surface area contributed by atoms with Crippen molar-refractivity contribution in [3.05, 3.63) is 48.0 Å². The normalized spacial score (nSPS) is 10.9. The van der Waals surface area contributed by atoms with Gasteiger partial charge in [-0.05, 0) is 24.3 Å².